The van der Waals surface area contributed by atoms with Crippen LogP contribution in [-0.4, -0.2) is 17.5 Å². The van der Waals surface area contributed by atoms with Crippen molar-refractivity contribution in [3.63, 3.8) is 0 Å². The zero-order chi connectivity index (χ0) is 7.40. The predicted octanol–water partition coefficient (Wildman–Crippen LogP) is 1.27. The van der Waals surface area contributed by atoms with Crippen LogP contribution in [0.3, 0.4) is 0 Å². The molecule has 1 aromatic rings. The highest BCUT2D eigenvalue weighted by molar-refractivity contribution is 5.74. The minimum Gasteiger partial charge on any atom is -0.351 e. The van der Waals surface area contributed by atoms with Gasteiger partial charge in [0, 0.05) is 18.0 Å². The molecule has 3 heteroatoms. The van der Waals surface area contributed by atoms with Gasteiger partial charge in [-0.05, 0) is 6.07 Å². The Morgan fingerprint density at radius 3 is 3.00 bits per heavy atom. The maximum atomic E-state index is 11.7. The molecule has 2 nitrogen and oxygen atoms in total. The first-order valence-corrected chi connectivity index (χ1v) is 3.03. The van der Waals surface area contributed by atoms with Crippen LogP contribution in [0.5, 0.6) is 0 Å². The summed E-state index contributed by atoms with van der Waals surface area (Å²) in [6.45, 7) is -0.0686. The van der Waals surface area contributed by atoms with Crippen molar-refractivity contribution in [2.24, 2.45) is 0 Å². The molecule has 0 aliphatic carbocycles. The molecular weight excluding hydrogens is 133 g/mol. The Labute approximate surface area is 58.3 Å². The van der Waals surface area contributed by atoms with Crippen LogP contribution in [0.15, 0.2) is 18.5 Å². The number of hydrogen-bond donors (Lipinski definition) is 0. The number of rotatable bonds is 3. The molecule has 54 valence electrons. The Morgan fingerprint density at radius 1 is 1.70 bits per heavy atom. The first-order chi connectivity index (χ1) is 4.86. The third-order valence-corrected chi connectivity index (χ3v) is 1.25. The van der Waals surface area contributed by atoms with E-state index in [1.54, 1.807) is 23.0 Å². The largest absolute Gasteiger partial charge is 0.351 e. The van der Waals surface area contributed by atoms with Crippen LogP contribution < -0.4 is 0 Å². The second-order valence-electron chi connectivity index (χ2n) is 1.99. The van der Waals surface area contributed by atoms with Crippen LogP contribution in [0.4, 0.5) is 4.39 Å². The summed E-state index contributed by atoms with van der Waals surface area (Å²) in [6.07, 6.45) is 4.05. The lowest BCUT2D eigenvalue weighted by Crippen LogP contribution is -1.94. The number of nitrogens with zero attached hydrogens (tertiary/aromatic N) is 1. The van der Waals surface area contributed by atoms with Crippen LogP contribution >= 0.6 is 0 Å². The summed E-state index contributed by atoms with van der Waals surface area (Å²) in [7, 11) is 0. The van der Waals surface area contributed by atoms with Crippen LogP contribution in [-0.2, 0) is 6.54 Å². The molecule has 0 unspecified atom stereocenters. The third kappa shape index (κ3) is 1.43. The highest BCUT2D eigenvalue weighted by atomic mass is 19.1. The Kier molecular flexibility index (Phi) is 2.20. The summed E-state index contributed by atoms with van der Waals surface area (Å²) in [5.41, 5.74) is 0.591. The van der Waals surface area contributed by atoms with Crippen molar-refractivity contribution in [3.05, 3.63) is 24.0 Å². The second-order valence-corrected chi connectivity index (χ2v) is 1.99. The molecule has 0 bridgehead atoms. The lowest BCUT2D eigenvalue weighted by molar-refractivity contribution is 0.112. The molecule has 0 N–H and O–H groups in total. The average Bonchev–Trinajstić information content (AvgIpc) is 2.37. The van der Waals surface area contributed by atoms with Gasteiger partial charge in [0.1, 0.15) is 6.67 Å². The van der Waals surface area contributed by atoms with Gasteiger partial charge < -0.3 is 4.57 Å². The first kappa shape index (κ1) is 6.99. The molecule has 1 heterocycles. The topological polar surface area (TPSA) is 22.0 Å². The van der Waals surface area contributed by atoms with E-state index in [1.807, 2.05) is 0 Å². The third-order valence-electron chi connectivity index (χ3n) is 1.25. The number of aromatic nitrogens is 1. The van der Waals surface area contributed by atoms with Crippen molar-refractivity contribution < 1.29 is 9.18 Å². The zero-order valence-electron chi connectivity index (χ0n) is 5.46. The highest BCUT2D eigenvalue weighted by Crippen LogP contribution is 1.96. The summed E-state index contributed by atoms with van der Waals surface area (Å²) in [4.78, 5) is 10.1. The van der Waals surface area contributed by atoms with E-state index >= 15 is 0 Å². The molecule has 1 aromatic heterocycles. The van der Waals surface area contributed by atoms with Gasteiger partial charge in [0.25, 0.3) is 0 Å². The summed E-state index contributed by atoms with van der Waals surface area (Å²) in [5, 5.41) is 0. The van der Waals surface area contributed by atoms with Gasteiger partial charge in [-0.3, -0.25) is 4.79 Å². The van der Waals surface area contributed by atoms with E-state index in [-0.39, 0.29) is 0 Å². The average molecular weight is 141 g/mol. The predicted molar refractivity (Wildman–Crippen MR) is 35.8 cm³/mol. The molecular formula is C7H8FNO. The second kappa shape index (κ2) is 3.15. The number of halogens is 1. The minimum atomic E-state index is -0.396. The van der Waals surface area contributed by atoms with E-state index in [2.05, 4.69) is 0 Å². The molecule has 0 saturated carbocycles. The van der Waals surface area contributed by atoms with Crippen molar-refractivity contribution in [2.45, 2.75) is 6.54 Å². The van der Waals surface area contributed by atoms with E-state index in [1.165, 1.54) is 0 Å². The van der Waals surface area contributed by atoms with Crippen LogP contribution in [0.2, 0.25) is 0 Å². The van der Waals surface area contributed by atoms with Gasteiger partial charge in [-0.25, -0.2) is 4.39 Å². The summed E-state index contributed by atoms with van der Waals surface area (Å²) >= 11 is 0. The lowest BCUT2D eigenvalue weighted by atomic mass is 10.4. The number of aldehydes is 1. The minimum absolute atomic E-state index is 0.327. The number of alkyl halides is 1. The fraction of sp³-hybridized carbons (Fsp3) is 0.286. The van der Waals surface area contributed by atoms with E-state index in [9.17, 15) is 9.18 Å². The standard InChI is InChI=1S/C7H8FNO/c8-2-4-9-3-1-7(5-9)6-10/h1,3,5-6H,2,4H2. The van der Waals surface area contributed by atoms with Crippen LogP contribution in [0, 0.1) is 0 Å². The van der Waals surface area contributed by atoms with Crippen molar-refractivity contribution >= 4 is 6.29 Å². The Hall–Kier alpha value is -1.12. The molecule has 0 radical (unpaired) electrons. The molecule has 1 rings (SSSR count). The van der Waals surface area contributed by atoms with Crippen LogP contribution in [0.25, 0.3) is 0 Å². The van der Waals surface area contributed by atoms with Crippen molar-refractivity contribution in [3.8, 4) is 0 Å². The highest BCUT2D eigenvalue weighted by Gasteiger charge is 1.92. The summed E-state index contributed by atoms with van der Waals surface area (Å²) in [6, 6.07) is 1.66. The summed E-state index contributed by atoms with van der Waals surface area (Å²) < 4.78 is 13.3. The summed E-state index contributed by atoms with van der Waals surface area (Å²) in [5.74, 6) is 0. The van der Waals surface area contributed by atoms with Gasteiger partial charge >= 0.3 is 0 Å². The molecule has 0 aromatic carbocycles. The van der Waals surface area contributed by atoms with E-state index in [0.29, 0.717) is 12.1 Å². The van der Waals surface area contributed by atoms with Crippen molar-refractivity contribution in [1.29, 1.82) is 0 Å². The molecule has 0 saturated heterocycles. The smallest absolute Gasteiger partial charge is 0.151 e. The fourth-order valence-electron chi connectivity index (χ4n) is 0.766. The van der Waals surface area contributed by atoms with Crippen molar-refractivity contribution in [2.75, 3.05) is 6.67 Å². The van der Waals surface area contributed by atoms with Gasteiger partial charge in [-0.1, -0.05) is 0 Å². The van der Waals surface area contributed by atoms with E-state index < -0.39 is 6.67 Å². The van der Waals surface area contributed by atoms with Gasteiger partial charge in [0.05, 0.1) is 6.54 Å². The van der Waals surface area contributed by atoms with Crippen molar-refractivity contribution in [1.82, 2.24) is 4.57 Å². The lowest BCUT2D eigenvalue weighted by Gasteiger charge is -1.93. The molecule has 0 aliphatic heterocycles. The zero-order valence-corrected chi connectivity index (χ0v) is 5.46. The Balaban J connectivity index is 2.68. The van der Waals surface area contributed by atoms with Gasteiger partial charge in [0.2, 0.25) is 0 Å². The monoisotopic (exact) mass is 141 g/mol. The molecule has 0 aliphatic rings. The molecule has 0 spiro atoms. The van der Waals surface area contributed by atoms with Gasteiger partial charge in [0.15, 0.2) is 6.29 Å². The maximum absolute atomic E-state index is 11.7. The van der Waals surface area contributed by atoms with Crippen LogP contribution in [0.1, 0.15) is 10.4 Å². The number of carbonyl (C=O) groups is 1. The number of carbonyl (C=O) groups excluding carboxylic acids is 1. The van der Waals surface area contributed by atoms with E-state index in [0.717, 1.165) is 6.29 Å². The van der Waals surface area contributed by atoms with Gasteiger partial charge in [-0.2, -0.15) is 0 Å². The van der Waals surface area contributed by atoms with Gasteiger partial charge in [-0.15, -0.1) is 0 Å². The molecule has 10 heavy (non-hydrogen) atoms. The first-order valence-electron chi connectivity index (χ1n) is 3.03. The number of aryl methyl sites for hydroxylation is 1. The molecule has 0 atom stereocenters. The quantitative estimate of drug-likeness (QED) is 0.581. The number of hydrogen-bond acceptors (Lipinski definition) is 1. The SMILES string of the molecule is O=Cc1ccn(CCF)c1. The maximum Gasteiger partial charge on any atom is 0.151 e. The Bertz CT molecular complexity index is 219. The normalized spacial score (nSPS) is 9.70. The van der Waals surface area contributed by atoms with E-state index in [4.69, 9.17) is 0 Å². The molecule has 0 fully saturated rings. The Morgan fingerprint density at radius 2 is 2.50 bits per heavy atom. The fourth-order valence-corrected chi connectivity index (χ4v) is 0.766. The molecule has 0 amide bonds.